The van der Waals surface area contributed by atoms with Gasteiger partial charge in [-0.15, -0.1) is 0 Å². The number of fused-ring (bicyclic) bond motifs is 1. The van der Waals surface area contributed by atoms with Gasteiger partial charge in [0.2, 0.25) is 0 Å². The summed E-state index contributed by atoms with van der Waals surface area (Å²) in [5.41, 5.74) is 2.92. The fourth-order valence-electron chi connectivity index (χ4n) is 4.38. The number of rotatable bonds is 4. The lowest BCUT2D eigenvalue weighted by atomic mass is 10.1. The number of hydrogen-bond acceptors (Lipinski definition) is 3. The minimum absolute atomic E-state index is 0.672. The third-order valence-electron chi connectivity index (χ3n) is 5.72. The summed E-state index contributed by atoms with van der Waals surface area (Å²) in [6.45, 7) is 14.8. The van der Waals surface area contributed by atoms with Crippen LogP contribution in [0.15, 0.2) is 36.1 Å². The third-order valence-corrected chi connectivity index (χ3v) is 5.72. The molecule has 0 N–H and O–H groups in total. The lowest BCUT2D eigenvalue weighted by molar-refractivity contribution is 0.108. The molecule has 1 atom stereocenters. The summed E-state index contributed by atoms with van der Waals surface area (Å²) in [5, 5.41) is 0. The Kier molecular flexibility index (Phi) is 5.96. The highest BCUT2D eigenvalue weighted by Crippen LogP contribution is 2.34. The SMILES string of the molecule is C=CC=C1C(=CC)CC2CN(CCN3CCCCCC3)CCN12. The maximum atomic E-state index is 3.89. The fraction of sp³-hybridized carbons (Fsp3) is 0.700. The summed E-state index contributed by atoms with van der Waals surface area (Å²) >= 11 is 0. The first-order valence-corrected chi connectivity index (χ1v) is 9.51. The Morgan fingerprint density at radius 2 is 1.74 bits per heavy atom. The zero-order chi connectivity index (χ0) is 16.1. The molecule has 1 unspecified atom stereocenters. The maximum absolute atomic E-state index is 3.89. The van der Waals surface area contributed by atoms with E-state index in [0.717, 1.165) is 0 Å². The van der Waals surface area contributed by atoms with Crippen molar-refractivity contribution in [2.45, 2.75) is 45.1 Å². The lowest BCUT2D eigenvalue weighted by Gasteiger charge is -2.39. The maximum Gasteiger partial charge on any atom is 0.0458 e. The molecule has 0 aromatic carbocycles. The van der Waals surface area contributed by atoms with Crippen LogP contribution in [-0.2, 0) is 0 Å². The van der Waals surface area contributed by atoms with Gasteiger partial charge in [-0.25, -0.2) is 0 Å². The molecule has 3 fully saturated rings. The van der Waals surface area contributed by atoms with Gasteiger partial charge >= 0.3 is 0 Å². The van der Waals surface area contributed by atoms with Crippen LogP contribution >= 0.6 is 0 Å². The molecule has 3 saturated heterocycles. The molecule has 3 heterocycles. The Bertz CT molecular complexity index is 458. The number of allylic oxidation sites excluding steroid dienone is 4. The topological polar surface area (TPSA) is 9.72 Å². The first-order valence-electron chi connectivity index (χ1n) is 9.51. The lowest BCUT2D eigenvalue weighted by Crippen LogP contribution is -2.51. The van der Waals surface area contributed by atoms with Crippen LogP contribution in [0.2, 0.25) is 0 Å². The molecule has 3 aliphatic heterocycles. The zero-order valence-electron chi connectivity index (χ0n) is 14.8. The van der Waals surface area contributed by atoms with Gasteiger partial charge in [0.15, 0.2) is 0 Å². The van der Waals surface area contributed by atoms with Crippen LogP contribution in [0.1, 0.15) is 39.0 Å². The number of hydrogen-bond donors (Lipinski definition) is 0. The standard InChI is InChI=1S/C20H33N3/c1-3-9-20-18(4-2)16-19-17-22(14-15-23(19)20)13-12-21-10-7-5-6-8-11-21/h3-4,9,19H,1,5-8,10-17H2,2H3. The smallest absolute Gasteiger partial charge is 0.0458 e. The van der Waals surface area contributed by atoms with Crippen LogP contribution < -0.4 is 0 Å². The van der Waals surface area contributed by atoms with Gasteiger partial charge in [-0.2, -0.15) is 0 Å². The molecule has 0 bridgehead atoms. The monoisotopic (exact) mass is 315 g/mol. The molecule has 3 aliphatic rings. The molecule has 0 radical (unpaired) electrons. The second-order valence-electron chi connectivity index (χ2n) is 7.21. The van der Waals surface area contributed by atoms with E-state index >= 15 is 0 Å². The van der Waals surface area contributed by atoms with E-state index in [-0.39, 0.29) is 0 Å². The minimum Gasteiger partial charge on any atom is -0.365 e. The van der Waals surface area contributed by atoms with Crippen molar-refractivity contribution in [2.75, 3.05) is 45.8 Å². The Balaban J connectivity index is 1.52. The Morgan fingerprint density at radius 3 is 2.43 bits per heavy atom. The summed E-state index contributed by atoms with van der Waals surface area (Å²) in [7, 11) is 0. The van der Waals surface area contributed by atoms with Crippen LogP contribution in [0, 0.1) is 0 Å². The Labute approximate surface area is 142 Å². The molecule has 0 saturated carbocycles. The average Bonchev–Trinajstić information content (AvgIpc) is 2.74. The normalized spacial score (nSPS) is 30.7. The molecule has 0 aromatic heterocycles. The van der Waals surface area contributed by atoms with Crippen molar-refractivity contribution in [3.05, 3.63) is 36.1 Å². The van der Waals surface area contributed by atoms with Gasteiger partial charge in [0.25, 0.3) is 0 Å². The molecule has 0 aromatic rings. The summed E-state index contributed by atoms with van der Waals surface area (Å²) in [6.07, 6.45) is 13.3. The highest BCUT2D eigenvalue weighted by molar-refractivity contribution is 5.38. The number of likely N-dealkylation sites (tertiary alicyclic amines) is 1. The van der Waals surface area contributed by atoms with E-state index in [2.05, 4.69) is 40.4 Å². The first-order chi connectivity index (χ1) is 11.3. The van der Waals surface area contributed by atoms with E-state index < -0.39 is 0 Å². The van der Waals surface area contributed by atoms with Crippen molar-refractivity contribution in [3.8, 4) is 0 Å². The van der Waals surface area contributed by atoms with Gasteiger partial charge in [-0.1, -0.05) is 31.6 Å². The van der Waals surface area contributed by atoms with E-state index in [9.17, 15) is 0 Å². The van der Waals surface area contributed by atoms with E-state index in [1.54, 1.807) is 0 Å². The molecule has 128 valence electrons. The predicted molar refractivity (Wildman–Crippen MR) is 98.5 cm³/mol. The van der Waals surface area contributed by atoms with Crippen LogP contribution in [0.5, 0.6) is 0 Å². The fourth-order valence-corrected chi connectivity index (χ4v) is 4.38. The van der Waals surface area contributed by atoms with Crippen LogP contribution in [0.4, 0.5) is 0 Å². The largest absolute Gasteiger partial charge is 0.365 e. The molecule has 0 spiro atoms. The van der Waals surface area contributed by atoms with E-state index in [1.807, 2.05) is 6.08 Å². The summed E-state index contributed by atoms with van der Waals surface area (Å²) in [5.74, 6) is 0. The second kappa shape index (κ2) is 8.16. The van der Waals surface area contributed by atoms with Gasteiger partial charge in [-0.3, -0.25) is 4.90 Å². The average molecular weight is 316 g/mol. The zero-order valence-corrected chi connectivity index (χ0v) is 14.8. The van der Waals surface area contributed by atoms with Gasteiger partial charge in [-0.05, 0) is 50.9 Å². The van der Waals surface area contributed by atoms with E-state index in [0.29, 0.717) is 6.04 Å². The Morgan fingerprint density at radius 1 is 1.00 bits per heavy atom. The Hall–Kier alpha value is -1.06. The van der Waals surface area contributed by atoms with Crippen molar-refractivity contribution in [2.24, 2.45) is 0 Å². The molecule has 0 aliphatic carbocycles. The predicted octanol–water partition coefficient (Wildman–Crippen LogP) is 3.27. The van der Waals surface area contributed by atoms with Crippen LogP contribution in [0.25, 0.3) is 0 Å². The minimum atomic E-state index is 0.672. The van der Waals surface area contributed by atoms with Gasteiger partial charge in [0, 0.05) is 44.5 Å². The molecule has 0 amide bonds. The number of nitrogens with zero attached hydrogens (tertiary/aromatic N) is 3. The van der Waals surface area contributed by atoms with Crippen LogP contribution in [-0.4, -0.2) is 66.6 Å². The summed E-state index contributed by atoms with van der Waals surface area (Å²) < 4.78 is 0. The highest BCUT2D eigenvalue weighted by atomic mass is 15.3. The van der Waals surface area contributed by atoms with Crippen molar-refractivity contribution >= 4 is 0 Å². The van der Waals surface area contributed by atoms with Crippen molar-refractivity contribution < 1.29 is 0 Å². The van der Waals surface area contributed by atoms with Crippen molar-refractivity contribution in [1.29, 1.82) is 0 Å². The molecule has 23 heavy (non-hydrogen) atoms. The molecule has 3 heteroatoms. The molecule has 3 rings (SSSR count). The van der Waals surface area contributed by atoms with Crippen molar-refractivity contribution in [3.63, 3.8) is 0 Å². The molecule has 3 nitrogen and oxygen atoms in total. The van der Waals surface area contributed by atoms with E-state index in [4.69, 9.17) is 0 Å². The number of piperazine rings is 1. The second-order valence-corrected chi connectivity index (χ2v) is 7.21. The van der Waals surface area contributed by atoms with E-state index in [1.165, 1.54) is 89.2 Å². The first kappa shape index (κ1) is 16.8. The summed E-state index contributed by atoms with van der Waals surface area (Å²) in [4.78, 5) is 7.99. The summed E-state index contributed by atoms with van der Waals surface area (Å²) in [6, 6.07) is 0.672. The quantitative estimate of drug-likeness (QED) is 0.788. The van der Waals surface area contributed by atoms with Gasteiger partial charge in [0.05, 0.1) is 0 Å². The van der Waals surface area contributed by atoms with Gasteiger partial charge in [0.1, 0.15) is 0 Å². The molecular weight excluding hydrogens is 282 g/mol. The third kappa shape index (κ3) is 4.07. The van der Waals surface area contributed by atoms with Gasteiger partial charge < -0.3 is 9.80 Å². The van der Waals surface area contributed by atoms with Crippen LogP contribution in [0.3, 0.4) is 0 Å². The molecular formula is C20H33N3. The highest BCUT2D eigenvalue weighted by Gasteiger charge is 2.35. The van der Waals surface area contributed by atoms with Crippen molar-refractivity contribution in [1.82, 2.24) is 14.7 Å².